The Morgan fingerprint density at radius 2 is 1.76 bits per heavy atom. The van der Waals surface area contributed by atoms with Crippen LogP contribution >= 0.6 is 15.9 Å². The van der Waals surface area contributed by atoms with Gasteiger partial charge in [0.15, 0.2) is 5.82 Å². The lowest BCUT2D eigenvalue weighted by Gasteiger charge is -2.15. The topological polar surface area (TPSA) is 43.1 Å². The van der Waals surface area contributed by atoms with Crippen molar-refractivity contribution in [1.82, 2.24) is 14.8 Å². The first kappa shape index (κ1) is 16.0. The molecule has 25 heavy (non-hydrogen) atoms. The molecular weight excluding hydrogens is 397 g/mol. The molecule has 4 rings (SSSR count). The normalized spacial score (nSPS) is 13.7. The molecule has 0 unspecified atom stereocenters. The fourth-order valence-electron chi connectivity index (χ4n) is 2.81. The highest BCUT2D eigenvalue weighted by atomic mass is 79.9. The van der Waals surface area contributed by atoms with Gasteiger partial charge in [-0.25, -0.2) is 0 Å². The Morgan fingerprint density at radius 3 is 2.48 bits per heavy atom. The number of fused-ring (bicyclic) bond motifs is 3. The number of halogens is 4. The van der Waals surface area contributed by atoms with Gasteiger partial charge in [-0.3, -0.25) is 9.56 Å². The van der Waals surface area contributed by atoms with E-state index in [-0.39, 0.29) is 6.54 Å². The van der Waals surface area contributed by atoms with Gasteiger partial charge >= 0.3 is 6.18 Å². The van der Waals surface area contributed by atoms with Crippen LogP contribution in [0.25, 0.3) is 5.69 Å². The summed E-state index contributed by atoms with van der Waals surface area (Å²) in [5, 5.41) is 8.00. The van der Waals surface area contributed by atoms with Crippen LogP contribution in [0.2, 0.25) is 0 Å². The maximum atomic E-state index is 13.2. The van der Waals surface area contributed by atoms with Crippen LogP contribution in [0.1, 0.15) is 22.5 Å². The van der Waals surface area contributed by atoms with E-state index in [0.717, 1.165) is 17.7 Å². The molecule has 0 fully saturated rings. The molecule has 1 aliphatic rings. The van der Waals surface area contributed by atoms with Crippen LogP contribution in [0.15, 0.2) is 58.3 Å². The van der Waals surface area contributed by atoms with Crippen molar-refractivity contribution < 1.29 is 13.2 Å². The van der Waals surface area contributed by atoms with Gasteiger partial charge < -0.3 is 0 Å². The van der Waals surface area contributed by atoms with Crippen molar-refractivity contribution in [2.45, 2.75) is 12.7 Å². The van der Waals surface area contributed by atoms with Crippen molar-refractivity contribution in [3.8, 4) is 5.69 Å². The summed E-state index contributed by atoms with van der Waals surface area (Å²) in [6.07, 6.45) is -4.43. The van der Waals surface area contributed by atoms with Crippen molar-refractivity contribution in [2.75, 3.05) is 0 Å². The Bertz CT molecular complexity index is 977. The quantitative estimate of drug-likeness (QED) is 0.600. The minimum atomic E-state index is -4.43. The second-order valence-corrected chi connectivity index (χ2v) is 6.19. The average Bonchev–Trinajstić information content (AvgIpc) is 2.87. The van der Waals surface area contributed by atoms with Crippen LogP contribution < -0.4 is 0 Å². The summed E-state index contributed by atoms with van der Waals surface area (Å²) in [4.78, 5) is 4.52. The maximum absolute atomic E-state index is 13.2. The lowest BCUT2D eigenvalue weighted by molar-refractivity contribution is -0.137. The first-order valence-corrected chi connectivity index (χ1v) is 8.16. The number of hydrogen-bond donors (Lipinski definition) is 0. The van der Waals surface area contributed by atoms with Gasteiger partial charge in [0.1, 0.15) is 6.54 Å². The molecule has 0 saturated heterocycles. The van der Waals surface area contributed by atoms with Crippen LogP contribution in [0.4, 0.5) is 13.2 Å². The molecule has 1 aromatic heterocycles. The van der Waals surface area contributed by atoms with E-state index in [0.29, 0.717) is 27.5 Å². The average molecular weight is 407 g/mol. The number of benzene rings is 2. The minimum absolute atomic E-state index is 0.221. The highest BCUT2D eigenvalue weighted by molar-refractivity contribution is 9.10. The van der Waals surface area contributed by atoms with Crippen LogP contribution in [0.5, 0.6) is 0 Å². The fraction of sp³-hybridized carbons (Fsp3) is 0.118. The van der Waals surface area contributed by atoms with Gasteiger partial charge in [-0.15, -0.1) is 10.2 Å². The van der Waals surface area contributed by atoms with Gasteiger partial charge in [0.2, 0.25) is 4.73 Å². The summed E-state index contributed by atoms with van der Waals surface area (Å²) in [7, 11) is 0. The van der Waals surface area contributed by atoms with E-state index in [1.165, 1.54) is 6.07 Å². The third-order valence-corrected chi connectivity index (χ3v) is 4.45. The molecule has 2 heterocycles. The van der Waals surface area contributed by atoms with Crippen molar-refractivity contribution in [3.63, 3.8) is 0 Å². The molecule has 0 amide bonds. The fourth-order valence-corrected chi connectivity index (χ4v) is 3.29. The molecule has 126 valence electrons. The monoisotopic (exact) mass is 406 g/mol. The predicted molar refractivity (Wildman–Crippen MR) is 89.8 cm³/mol. The third kappa shape index (κ3) is 2.76. The smallest absolute Gasteiger partial charge is 0.276 e. The Morgan fingerprint density at radius 1 is 1.00 bits per heavy atom. The molecule has 3 aromatic rings. The Balaban J connectivity index is 2.01. The molecule has 8 heteroatoms. The maximum Gasteiger partial charge on any atom is 0.416 e. The van der Waals surface area contributed by atoms with E-state index in [1.54, 1.807) is 4.57 Å². The SMILES string of the molecule is FC(F)(F)c1ccc2c(c1)C(c1ccccc1)=NCc1nnc(Br)n1-2. The van der Waals surface area contributed by atoms with Crippen LogP contribution in [0.3, 0.4) is 0 Å². The van der Waals surface area contributed by atoms with E-state index < -0.39 is 11.7 Å². The van der Waals surface area contributed by atoms with Gasteiger partial charge in [0.05, 0.1) is 17.0 Å². The van der Waals surface area contributed by atoms with E-state index >= 15 is 0 Å². The lowest BCUT2D eigenvalue weighted by Crippen LogP contribution is -2.12. The van der Waals surface area contributed by atoms with E-state index in [2.05, 4.69) is 31.1 Å². The zero-order valence-electron chi connectivity index (χ0n) is 12.6. The minimum Gasteiger partial charge on any atom is -0.276 e. The van der Waals surface area contributed by atoms with Crippen molar-refractivity contribution in [3.05, 3.63) is 75.8 Å². The zero-order chi connectivity index (χ0) is 17.6. The second-order valence-electron chi connectivity index (χ2n) is 5.48. The lowest BCUT2D eigenvalue weighted by atomic mass is 9.98. The van der Waals surface area contributed by atoms with Gasteiger partial charge in [0, 0.05) is 11.1 Å². The molecule has 0 spiro atoms. The summed E-state index contributed by atoms with van der Waals surface area (Å²) in [5.74, 6) is 0.554. The standard InChI is InChI=1S/C17H10BrF3N4/c18-16-24-23-14-9-22-15(10-4-2-1-3-5-10)12-8-11(17(19,20)21)6-7-13(12)25(14)16/h1-8H,9H2. The van der Waals surface area contributed by atoms with Crippen LogP contribution in [0, 0.1) is 0 Å². The molecule has 1 aliphatic heterocycles. The largest absolute Gasteiger partial charge is 0.416 e. The van der Waals surface area contributed by atoms with Gasteiger partial charge in [-0.2, -0.15) is 13.2 Å². The number of aromatic nitrogens is 3. The summed E-state index contributed by atoms with van der Waals surface area (Å²) < 4.78 is 41.8. The van der Waals surface area contributed by atoms with Gasteiger partial charge in [-0.05, 0) is 34.1 Å². The predicted octanol–water partition coefficient (Wildman–Crippen LogP) is 4.40. The van der Waals surface area contributed by atoms with E-state index in [1.807, 2.05) is 30.3 Å². The molecule has 0 atom stereocenters. The molecule has 0 saturated carbocycles. The molecule has 0 aliphatic carbocycles. The number of hydrogen-bond acceptors (Lipinski definition) is 3. The molecular formula is C17H10BrF3N4. The summed E-state index contributed by atoms with van der Waals surface area (Å²) in [6, 6.07) is 12.8. The Labute approximate surface area is 149 Å². The molecule has 0 N–H and O–H groups in total. The van der Waals surface area contributed by atoms with Gasteiger partial charge in [0.25, 0.3) is 0 Å². The zero-order valence-corrected chi connectivity index (χ0v) is 14.2. The first-order valence-electron chi connectivity index (χ1n) is 7.37. The summed E-state index contributed by atoms with van der Waals surface area (Å²) >= 11 is 3.31. The second kappa shape index (κ2) is 5.80. The van der Waals surface area contributed by atoms with Crippen molar-refractivity contribution in [2.24, 2.45) is 4.99 Å². The van der Waals surface area contributed by atoms with Crippen LogP contribution in [-0.4, -0.2) is 20.5 Å². The molecule has 2 aromatic carbocycles. The molecule has 0 radical (unpaired) electrons. The third-order valence-electron chi connectivity index (χ3n) is 3.94. The number of alkyl halides is 3. The number of aliphatic imine (C=N–C) groups is 1. The Hall–Kier alpha value is -2.48. The highest BCUT2D eigenvalue weighted by Gasteiger charge is 2.32. The summed E-state index contributed by atoms with van der Waals surface area (Å²) in [5.41, 5.74) is 1.47. The highest BCUT2D eigenvalue weighted by Crippen LogP contribution is 2.34. The number of rotatable bonds is 1. The molecule has 0 bridgehead atoms. The summed E-state index contributed by atoms with van der Waals surface area (Å²) in [6.45, 7) is 0.221. The Kier molecular flexibility index (Phi) is 3.72. The van der Waals surface area contributed by atoms with E-state index in [4.69, 9.17) is 0 Å². The van der Waals surface area contributed by atoms with E-state index in [9.17, 15) is 13.2 Å². The first-order chi connectivity index (χ1) is 11.9. The van der Waals surface area contributed by atoms with Crippen molar-refractivity contribution >= 4 is 21.6 Å². The molecule has 4 nitrogen and oxygen atoms in total. The van der Waals surface area contributed by atoms with Crippen LogP contribution in [-0.2, 0) is 12.7 Å². The number of nitrogens with zero attached hydrogens (tertiary/aromatic N) is 4. The van der Waals surface area contributed by atoms with Gasteiger partial charge in [-0.1, -0.05) is 30.3 Å². The van der Waals surface area contributed by atoms with Crippen molar-refractivity contribution in [1.29, 1.82) is 0 Å².